The van der Waals surface area contributed by atoms with Gasteiger partial charge in [0.25, 0.3) is 0 Å². The Labute approximate surface area is 115 Å². The van der Waals surface area contributed by atoms with Crippen LogP contribution in [0.3, 0.4) is 0 Å². The molecule has 1 aromatic rings. The zero-order valence-electron chi connectivity index (χ0n) is 11.6. The lowest BCUT2D eigenvalue weighted by Gasteiger charge is -2.14. The van der Waals surface area contributed by atoms with Crippen LogP contribution < -0.4 is 10.5 Å². The summed E-state index contributed by atoms with van der Waals surface area (Å²) in [6.45, 7) is 6.98. The summed E-state index contributed by atoms with van der Waals surface area (Å²) in [6, 6.07) is 4.16. The van der Waals surface area contributed by atoms with Gasteiger partial charge in [-0.25, -0.2) is 0 Å². The summed E-state index contributed by atoms with van der Waals surface area (Å²) in [7, 11) is 0. The molecule has 0 saturated heterocycles. The van der Waals surface area contributed by atoms with Gasteiger partial charge in [0.05, 0.1) is 12.3 Å². The van der Waals surface area contributed by atoms with Gasteiger partial charge in [0.2, 0.25) is 0 Å². The maximum Gasteiger partial charge on any atom is 0.140 e. The lowest BCUT2D eigenvalue weighted by Crippen LogP contribution is -2.22. The van der Waals surface area contributed by atoms with Crippen molar-refractivity contribution in [2.75, 3.05) is 18.1 Å². The van der Waals surface area contributed by atoms with Gasteiger partial charge >= 0.3 is 0 Å². The standard InChI is InChI=1S/C14H24N2OS/c1-4-12(15)10-13-14(7-6-11(3)16-13)17-8-9-18-5-2/h6-7,12H,4-5,8-10,15H2,1-3H3. The Morgan fingerprint density at radius 2 is 2.17 bits per heavy atom. The summed E-state index contributed by atoms with van der Waals surface area (Å²) < 4.78 is 5.80. The third-order valence-electron chi connectivity index (χ3n) is 2.74. The van der Waals surface area contributed by atoms with Crippen LogP contribution in [0.25, 0.3) is 0 Å². The Bertz CT molecular complexity index is 358. The molecule has 102 valence electrons. The van der Waals surface area contributed by atoms with Crippen molar-refractivity contribution >= 4 is 11.8 Å². The van der Waals surface area contributed by atoms with E-state index in [0.717, 1.165) is 48.1 Å². The fraction of sp³-hybridized carbons (Fsp3) is 0.643. The topological polar surface area (TPSA) is 48.1 Å². The van der Waals surface area contributed by atoms with Gasteiger partial charge in [0.15, 0.2) is 0 Å². The highest BCUT2D eigenvalue weighted by Gasteiger charge is 2.10. The maximum atomic E-state index is 6.00. The average Bonchev–Trinajstić information content (AvgIpc) is 2.36. The molecule has 1 heterocycles. The summed E-state index contributed by atoms with van der Waals surface area (Å²) in [5, 5.41) is 0. The molecule has 1 aromatic heterocycles. The van der Waals surface area contributed by atoms with Gasteiger partial charge in [-0.05, 0) is 31.2 Å². The van der Waals surface area contributed by atoms with Crippen LogP contribution in [0.4, 0.5) is 0 Å². The average molecular weight is 268 g/mol. The van der Waals surface area contributed by atoms with Crippen LogP contribution in [0, 0.1) is 6.92 Å². The van der Waals surface area contributed by atoms with Crippen LogP contribution in [0.2, 0.25) is 0 Å². The highest BCUT2D eigenvalue weighted by atomic mass is 32.2. The molecule has 2 N–H and O–H groups in total. The highest BCUT2D eigenvalue weighted by molar-refractivity contribution is 7.99. The van der Waals surface area contributed by atoms with E-state index in [9.17, 15) is 0 Å². The molecule has 3 nitrogen and oxygen atoms in total. The quantitative estimate of drug-likeness (QED) is 0.737. The molecule has 18 heavy (non-hydrogen) atoms. The molecule has 0 bridgehead atoms. The maximum absolute atomic E-state index is 6.00. The van der Waals surface area contributed by atoms with Crippen LogP contribution >= 0.6 is 11.8 Å². The number of hydrogen-bond donors (Lipinski definition) is 1. The van der Waals surface area contributed by atoms with Crippen LogP contribution in [0.5, 0.6) is 5.75 Å². The van der Waals surface area contributed by atoms with Crippen LogP contribution in [0.1, 0.15) is 31.7 Å². The summed E-state index contributed by atoms with van der Waals surface area (Å²) in [6.07, 6.45) is 1.75. The fourth-order valence-corrected chi connectivity index (χ4v) is 2.11. The number of nitrogens with zero attached hydrogens (tertiary/aromatic N) is 1. The number of nitrogens with two attached hydrogens (primary N) is 1. The SMILES string of the molecule is CCSCCOc1ccc(C)nc1CC(N)CC. The largest absolute Gasteiger partial charge is 0.491 e. The molecule has 0 aliphatic carbocycles. The van der Waals surface area contributed by atoms with E-state index in [1.807, 2.05) is 30.8 Å². The molecule has 1 rings (SSSR count). The fourth-order valence-electron chi connectivity index (χ4n) is 1.62. The van der Waals surface area contributed by atoms with E-state index < -0.39 is 0 Å². The zero-order valence-corrected chi connectivity index (χ0v) is 12.4. The van der Waals surface area contributed by atoms with Crippen molar-refractivity contribution in [1.29, 1.82) is 0 Å². The normalized spacial score (nSPS) is 12.4. The first-order valence-electron chi connectivity index (χ1n) is 6.60. The van der Waals surface area contributed by atoms with E-state index in [4.69, 9.17) is 10.5 Å². The van der Waals surface area contributed by atoms with E-state index in [-0.39, 0.29) is 6.04 Å². The second-order valence-corrected chi connectivity index (χ2v) is 5.71. The predicted octanol–water partition coefficient (Wildman–Crippen LogP) is 2.80. The first-order valence-corrected chi connectivity index (χ1v) is 7.75. The third-order valence-corrected chi connectivity index (χ3v) is 3.60. The van der Waals surface area contributed by atoms with Crippen molar-refractivity contribution in [2.45, 2.75) is 39.7 Å². The number of aryl methyl sites for hydroxylation is 1. The van der Waals surface area contributed by atoms with E-state index in [2.05, 4.69) is 18.8 Å². The molecule has 0 saturated carbocycles. The molecular weight excluding hydrogens is 244 g/mol. The molecule has 0 amide bonds. The van der Waals surface area contributed by atoms with E-state index in [0.29, 0.717) is 0 Å². The molecule has 0 aromatic carbocycles. The minimum atomic E-state index is 0.159. The Kier molecular flexibility index (Phi) is 7.13. The number of hydrogen-bond acceptors (Lipinski definition) is 4. The number of aromatic nitrogens is 1. The third kappa shape index (κ3) is 5.27. The van der Waals surface area contributed by atoms with E-state index in [1.165, 1.54) is 0 Å². The number of thioether (sulfide) groups is 1. The van der Waals surface area contributed by atoms with E-state index >= 15 is 0 Å². The lowest BCUT2D eigenvalue weighted by molar-refractivity contribution is 0.336. The summed E-state index contributed by atoms with van der Waals surface area (Å²) >= 11 is 1.88. The molecule has 0 spiro atoms. The van der Waals surface area contributed by atoms with Crippen molar-refractivity contribution in [3.8, 4) is 5.75 Å². The van der Waals surface area contributed by atoms with Gasteiger partial charge in [-0.1, -0.05) is 13.8 Å². The van der Waals surface area contributed by atoms with Gasteiger partial charge in [-0.3, -0.25) is 4.98 Å². The molecule has 1 atom stereocenters. The smallest absolute Gasteiger partial charge is 0.140 e. The number of pyridine rings is 1. The Morgan fingerprint density at radius 1 is 1.39 bits per heavy atom. The first-order chi connectivity index (χ1) is 8.67. The minimum absolute atomic E-state index is 0.159. The van der Waals surface area contributed by atoms with Gasteiger partial charge in [-0.2, -0.15) is 11.8 Å². The minimum Gasteiger partial charge on any atom is -0.491 e. The second-order valence-electron chi connectivity index (χ2n) is 4.32. The van der Waals surface area contributed by atoms with Crippen molar-refractivity contribution in [1.82, 2.24) is 4.98 Å². The van der Waals surface area contributed by atoms with Gasteiger partial charge < -0.3 is 10.5 Å². The van der Waals surface area contributed by atoms with Crippen molar-refractivity contribution in [3.63, 3.8) is 0 Å². The molecule has 4 heteroatoms. The summed E-state index contributed by atoms with van der Waals surface area (Å²) in [5.74, 6) is 3.04. The van der Waals surface area contributed by atoms with Crippen LogP contribution in [-0.4, -0.2) is 29.1 Å². The number of rotatable bonds is 8. The van der Waals surface area contributed by atoms with Crippen molar-refractivity contribution in [3.05, 3.63) is 23.5 Å². The monoisotopic (exact) mass is 268 g/mol. The first kappa shape index (κ1) is 15.3. The molecule has 0 fully saturated rings. The van der Waals surface area contributed by atoms with E-state index in [1.54, 1.807) is 0 Å². The summed E-state index contributed by atoms with van der Waals surface area (Å²) in [5.41, 5.74) is 8.01. The predicted molar refractivity (Wildman–Crippen MR) is 79.4 cm³/mol. The molecule has 0 aliphatic heterocycles. The molecule has 0 aliphatic rings. The van der Waals surface area contributed by atoms with Crippen LogP contribution in [0.15, 0.2) is 12.1 Å². The molecular formula is C14H24N2OS. The molecule has 1 unspecified atom stereocenters. The Hall–Kier alpha value is -0.740. The number of ether oxygens (including phenoxy) is 1. The summed E-state index contributed by atoms with van der Waals surface area (Å²) in [4.78, 5) is 4.55. The Balaban J connectivity index is 2.64. The zero-order chi connectivity index (χ0) is 13.4. The Morgan fingerprint density at radius 3 is 2.83 bits per heavy atom. The van der Waals surface area contributed by atoms with Gasteiger partial charge in [0, 0.05) is 23.9 Å². The molecule has 0 radical (unpaired) electrons. The van der Waals surface area contributed by atoms with Gasteiger partial charge in [-0.15, -0.1) is 0 Å². The highest BCUT2D eigenvalue weighted by Crippen LogP contribution is 2.19. The van der Waals surface area contributed by atoms with Crippen LogP contribution in [-0.2, 0) is 6.42 Å². The van der Waals surface area contributed by atoms with Crippen molar-refractivity contribution in [2.24, 2.45) is 5.73 Å². The second kappa shape index (κ2) is 8.38. The lowest BCUT2D eigenvalue weighted by atomic mass is 10.1. The van der Waals surface area contributed by atoms with Gasteiger partial charge in [0.1, 0.15) is 5.75 Å². The van der Waals surface area contributed by atoms with Crippen molar-refractivity contribution < 1.29 is 4.74 Å².